The summed E-state index contributed by atoms with van der Waals surface area (Å²) in [6.07, 6.45) is -0.644. The van der Waals surface area contributed by atoms with E-state index in [1.165, 1.54) is 7.11 Å². The van der Waals surface area contributed by atoms with Gasteiger partial charge in [0.25, 0.3) is 0 Å². The predicted molar refractivity (Wildman–Crippen MR) is 56.8 cm³/mol. The third-order valence-electron chi connectivity index (χ3n) is 1.68. The second-order valence-corrected chi connectivity index (χ2v) is 2.78. The Bertz CT molecular complexity index is 329. The van der Waals surface area contributed by atoms with E-state index in [-0.39, 0.29) is 12.0 Å². The lowest BCUT2D eigenvalue weighted by molar-refractivity contribution is -0.145. The van der Waals surface area contributed by atoms with Crippen molar-refractivity contribution in [1.29, 1.82) is 0 Å². The lowest BCUT2D eigenvalue weighted by Gasteiger charge is -2.15. The van der Waals surface area contributed by atoms with Crippen molar-refractivity contribution in [3.63, 3.8) is 0 Å². The van der Waals surface area contributed by atoms with Crippen LogP contribution in [0.25, 0.3) is 0 Å². The Labute approximate surface area is 94.0 Å². The average Bonchev–Trinajstić information content (AvgIpc) is 2.28. The van der Waals surface area contributed by atoms with Crippen LogP contribution in [0.4, 0.5) is 5.95 Å². The number of anilines is 1. The smallest absolute Gasteiger partial charge is 0.321 e. The van der Waals surface area contributed by atoms with Gasteiger partial charge in [0.15, 0.2) is 5.82 Å². The quantitative estimate of drug-likeness (QED) is 0.710. The molecular formula is C9H16N4O3. The Morgan fingerprint density at radius 3 is 2.25 bits per heavy atom. The molecule has 1 aromatic rings. The van der Waals surface area contributed by atoms with Gasteiger partial charge in [0.1, 0.15) is 0 Å². The van der Waals surface area contributed by atoms with Crippen molar-refractivity contribution in [2.24, 2.45) is 0 Å². The number of nitrogen functional groups attached to an aromatic ring is 1. The van der Waals surface area contributed by atoms with Crippen molar-refractivity contribution in [3.8, 4) is 6.01 Å². The van der Waals surface area contributed by atoms with Crippen molar-refractivity contribution in [3.05, 3.63) is 5.82 Å². The van der Waals surface area contributed by atoms with Gasteiger partial charge >= 0.3 is 6.01 Å². The molecule has 1 heterocycles. The third-order valence-corrected chi connectivity index (χ3v) is 1.68. The molecule has 0 aliphatic rings. The number of ether oxygens (including phenoxy) is 3. The lowest BCUT2D eigenvalue weighted by Crippen LogP contribution is -2.15. The van der Waals surface area contributed by atoms with Crippen LogP contribution in [0.2, 0.25) is 0 Å². The fourth-order valence-electron chi connectivity index (χ4n) is 1.08. The second-order valence-electron chi connectivity index (χ2n) is 2.78. The first kappa shape index (κ1) is 12.6. The van der Waals surface area contributed by atoms with Gasteiger partial charge in [0.05, 0.1) is 7.11 Å². The fourth-order valence-corrected chi connectivity index (χ4v) is 1.08. The van der Waals surface area contributed by atoms with Gasteiger partial charge in [0, 0.05) is 13.2 Å². The summed E-state index contributed by atoms with van der Waals surface area (Å²) in [5.74, 6) is 0.388. The molecule has 0 aliphatic carbocycles. The monoisotopic (exact) mass is 228 g/mol. The molecule has 0 atom stereocenters. The summed E-state index contributed by atoms with van der Waals surface area (Å²) in [4.78, 5) is 11.7. The Morgan fingerprint density at radius 2 is 1.75 bits per heavy atom. The van der Waals surface area contributed by atoms with E-state index in [1.54, 1.807) is 0 Å². The van der Waals surface area contributed by atoms with E-state index in [2.05, 4.69) is 15.0 Å². The zero-order valence-electron chi connectivity index (χ0n) is 9.64. The predicted octanol–water partition coefficient (Wildman–Crippen LogP) is 0.534. The first-order valence-electron chi connectivity index (χ1n) is 4.99. The molecule has 0 saturated carbocycles. The molecule has 0 saturated heterocycles. The lowest BCUT2D eigenvalue weighted by atomic mass is 10.5. The highest BCUT2D eigenvalue weighted by molar-refractivity contribution is 5.18. The van der Waals surface area contributed by atoms with Gasteiger partial charge in [-0.1, -0.05) is 0 Å². The van der Waals surface area contributed by atoms with Crippen LogP contribution in [-0.4, -0.2) is 35.3 Å². The highest BCUT2D eigenvalue weighted by Gasteiger charge is 2.17. The fraction of sp³-hybridized carbons (Fsp3) is 0.667. The summed E-state index contributed by atoms with van der Waals surface area (Å²) < 4.78 is 15.6. The van der Waals surface area contributed by atoms with E-state index in [4.69, 9.17) is 19.9 Å². The van der Waals surface area contributed by atoms with Gasteiger partial charge in [-0.3, -0.25) is 0 Å². The molecule has 0 aromatic carbocycles. The van der Waals surface area contributed by atoms with Gasteiger partial charge in [-0.25, -0.2) is 0 Å². The van der Waals surface area contributed by atoms with E-state index in [0.717, 1.165) is 0 Å². The van der Waals surface area contributed by atoms with E-state index in [0.29, 0.717) is 19.0 Å². The molecule has 7 nitrogen and oxygen atoms in total. The van der Waals surface area contributed by atoms with Gasteiger partial charge < -0.3 is 19.9 Å². The van der Waals surface area contributed by atoms with E-state index < -0.39 is 6.29 Å². The molecule has 2 N–H and O–H groups in total. The highest BCUT2D eigenvalue weighted by atomic mass is 16.7. The molecular weight excluding hydrogens is 212 g/mol. The molecule has 0 aliphatic heterocycles. The Morgan fingerprint density at radius 1 is 1.12 bits per heavy atom. The van der Waals surface area contributed by atoms with Gasteiger partial charge in [-0.05, 0) is 13.8 Å². The third kappa shape index (κ3) is 3.28. The summed E-state index contributed by atoms with van der Waals surface area (Å²) in [5, 5.41) is 0. The van der Waals surface area contributed by atoms with E-state index >= 15 is 0 Å². The number of nitrogens with zero attached hydrogens (tertiary/aromatic N) is 3. The number of hydrogen-bond acceptors (Lipinski definition) is 7. The zero-order chi connectivity index (χ0) is 12.0. The van der Waals surface area contributed by atoms with Crippen LogP contribution < -0.4 is 10.5 Å². The number of aromatic nitrogens is 3. The van der Waals surface area contributed by atoms with Crippen molar-refractivity contribution in [2.45, 2.75) is 20.1 Å². The first-order valence-corrected chi connectivity index (χ1v) is 4.99. The molecule has 0 unspecified atom stereocenters. The number of rotatable bonds is 6. The summed E-state index contributed by atoms with van der Waals surface area (Å²) in [6, 6.07) is 0.145. The average molecular weight is 228 g/mol. The van der Waals surface area contributed by atoms with Crippen LogP contribution in [0.5, 0.6) is 6.01 Å². The largest absolute Gasteiger partial charge is 0.467 e. The van der Waals surface area contributed by atoms with Crippen molar-refractivity contribution >= 4 is 5.95 Å². The minimum atomic E-state index is -0.644. The summed E-state index contributed by atoms with van der Waals surface area (Å²) in [7, 11) is 1.45. The van der Waals surface area contributed by atoms with Gasteiger partial charge in [0.2, 0.25) is 12.2 Å². The minimum Gasteiger partial charge on any atom is -0.467 e. The van der Waals surface area contributed by atoms with Crippen molar-refractivity contribution in [1.82, 2.24) is 15.0 Å². The maximum Gasteiger partial charge on any atom is 0.321 e. The maximum atomic E-state index is 5.51. The van der Waals surface area contributed by atoms with Crippen molar-refractivity contribution < 1.29 is 14.2 Å². The Hall–Kier alpha value is -1.47. The normalized spacial score (nSPS) is 10.8. The van der Waals surface area contributed by atoms with Gasteiger partial charge in [-0.15, -0.1) is 0 Å². The summed E-state index contributed by atoms with van der Waals surface area (Å²) in [5.41, 5.74) is 5.51. The highest BCUT2D eigenvalue weighted by Crippen LogP contribution is 2.17. The SMILES string of the molecule is CCOC(OCC)c1nc(N)nc(OC)n1. The van der Waals surface area contributed by atoms with Crippen LogP contribution in [-0.2, 0) is 9.47 Å². The number of nitrogens with two attached hydrogens (primary N) is 1. The molecule has 1 aromatic heterocycles. The standard InChI is InChI=1S/C9H16N4O3/c1-4-15-7(16-5-2)6-11-8(10)13-9(12-6)14-3/h7H,4-5H2,1-3H3,(H2,10,11,12,13). The molecule has 0 amide bonds. The van der Waals surface area contributed by atoms with Crippen LogP contribution in [0.15, 0.2) is 0 Å². The summed E-state index contributed by atoms with van der Waals surface area (Å²) >= 11 is 0. The molecule has 0 bridgehead atoms. The molecule has 1 rings (SSSR count). The van der Waals surface area contributed by atoms with Crippen LogP contribution in [0.1, 0.15) is 26.0 Å². The first-order chi connectivity index (χ1) is 7.71. The topological polar surface area (TPSA) is 92.4 Å². The summed E-state index contributed by atoms with van der Waals surface area (Å²) in [6.45, 7) is 4.68. The Balaban J connectivity index is 2.93. The van der Waals surface area contributed by atoms with Crippen LogP contribution in [0.3, 0.4) is 0 Å². The van der Waals surface area contributed by atoms with Gasteiger partial charge in [-0.2, -0.15) is 15.0 Å². The Kier molecular flexibility index (Phi) is 4.87. The molecule has 16 heavy (non-hydrogen) atoms. The molecule has 0 spiro atoms. The van der Waals surface area contributed by atoms with Crippen LogP contribution in [0, 0.1) is 0 Å². The number of methoxy groups -OCH3 is 1. The van der Waals surface area contributed by atoms with E-state index in [9.17, 15) is 0 Å². The zero-order valence-corrected chi connectivity index (χ0v) is 9.64. The van der Waals surface area contributed by atoms with E-state index in [1.807, 2.05) is 13.8 Å². The minimum absolute atomic E-state index is 0.0752. The number of hydrogen-bond donors (Lipinski definition) is 1. The van der Waals surface area contributed by atoms with Crippen LogP contribution >= 0.6 is 0 Å². The second kappa shape index (κ2) is 6.19. The molecule has 0 fully saturated rings. The molecule has 7 heteroatoms. The van der Waals surface area contributed by atoms with Crippen molar-refractivity contribution in [2.75, 3.05) is 26.1 Å². The maximum absolute atomic E-state index is 5.51. The molecule has 90 valence electrons. The molecule has 0 radical (unpaired) electrons.